The number of anilines is 2. The van der Waals surface area contributed by atoms with Crippen LogP contribution in [0.15, 0.2) is 36.5 Å². The van der Waals surface area contributed by atoms with E-state index < -0.39 is 17.9 Å². The Bertz CT molecular complexity index is 893. The predicted octanol–water partition coefficient (Wildman–Crippen LogP) is 3.48. The summed E-state index contributed by atoms with van der Waals surface area (Å²) in [4.78, 5) is 29.4. The Hall–Kier alpha value is -3.56. The second kappa shape index (κ2) is 9.77. The molecule has 0 spiro atoms. The van der Waals surface area contributed by atoms with E-state index in [0.717, 1.165) is 12.8 Å². The van der Waals surface area contributed by atoms with Gasteiger partial charge in [0.1, 0.15) is 17.7 Å². The zero-order chi connectivity index (χ0) is 21.5. The molecule has 2 N–H and O–H groups in total. The lowest BCUT2D eigenvalue weighted by molar-refractivity contribution is 0.0693. The van der Waals surface area contributed by atoms with Gasteiger partial charge in [-0.2, -0.15) is 0 Å². The molecule has 10 heteroatoms. The minimum atomic E-state index is -0.562. The molecule has 0 bridgehead atoms. The van der Waals surface area contributed by atoms with Crippen molar-refractivity contribution in [3.8, 4) is 11.6 Å². The van der Waals surface area contributed by atoms with E-state index in [4.69, 9.17) is 14.2 Å². The molecule has 1 aliphatic heterocycles. The fourth-order valence-corrected chi connectivity index (χ4v) is 3.09. The van der Waals surface area contributed by atoms with E-state index in [1.807, 2.05) is 0 Å². The van der Waals surface area contributed by atoms with Crippen molar-refractivity contribution in [3.63, 3.8) is 0 Å². The highest BCUT2D eigenvalue weighted by Crippen LogP contribution is 2.24. The summed E-state index contributed by atoms with van der Waals surface area (Å²) >= 11 is 0. The Labute approximate surface area is 173 Å². The fourth-order valence-electron chi connectivity index (χ4n) is 3.09. The molecule has 3 rings (SSSR count). The second-order valence-electron chi connectivity index (χ2n) is 6.64. The Morgan fingerprint density at radius 1 is 1.17 bits per heavy atom. The van der Waals surface area contributed by atoms with Crippen molar-refractivity contribution in [1.82, 2.24) is 9.88 Å². The number of likely N-dealkylation sites (tertiary alicyclic amines) is 1. The van der Waals surface area contributed by atoms with Gasteiger partial charge in [0.15, 0.2) is 0 Å². The summed E-state index contributed by atoms with van der Waals surface area (Å²) in [5.74, 6) is 0.115. The first-order chi connectivity index (χ1) is 14.5. The monoisotopic (exact) mass is 418 g/mol. The SMILES string of the molecule is COC(=O)N1CCCC(Oc2cc(F)cc(NC(=O)Nc3ccc(OC)nc3)c2)C1. The number of urea groups is 1. The van der Waals surface area contributed by atoms with E-state index in [9.17, 15) is 14.0 Å². The van der Waals surface area contributed by atoms with E-state index >= 15 is 0 Å². The van der Waals surface area contributed by atoms with Gasteiger partial charge in [0, 0.05) is 30.4 Å². The minimum absolute atomic E-state index is 0.226. The third-order valence-electron chi connectivity index (χ3n) is 4.45. The van der Waals surface area contributed by atoms with Crippen molar-refractivity contribution >= 4 is 23.5 Å². The predicted molar refractivity (Wildman–Crippen MR) is 107 cm³/mol. The highest BCUT2D eigenvalue weighted by atomic mass is 19.1. The number of rotatable bonds is 5. The molecule has 0 radical (unpaired) electrons. The van der Waals surface area contributed by atoms with E-state index in [0.29, 0.717) is 24.7 Å². The van der Waals surface area contributed by atoms with Crippen molar-refractivity contribution < 1.29 is 28.2 Å². The number of nitrogens with zero attached hydrogens (tertiary/aromatic N) is 2. The molecule has 0 aliphatic carbocycles. The van der Waals surface area contributed by atoms with Crippen molar-refractivity contribution in [2.75, 3.05) is 37.9 Å². The number of carbonyl (C=O) groups excluding carboxylic acids is 2. The molecule has 3 amide bonds. The zero-order valence-electron chi connectivity index (χ0n) is 16.7. The summed E-state index contributed by atoms with van der Waals surface area (Å²) in [6, 6.07) is 6.60. The fraction of sp³-hybridized carbons (Fsp3) is 0.350. The van der Waals surface area contributed by atoms with Gasteiger partial charge in [0.05, 0.1) is 32.6 Å². The standard InChI is InChI=1S/C20H23FN4O5/c1-28-18-6-5-14(11-22-18)23-19(26)24-15-8-13(21)9-17(10-15)30-16-4-3-7-25(12-16)20(27)29-2/h5-6,8-11,16H,3-4,7,12H2,1-2H3,(H2,23,24,26). The molecule has 1 saturated heterocycles. The topological polar surface area (TPSA) is 102 Å². The molecule has 1 atom stereocenters. The third kappa shape index (κ3) is 5.72. The molecule has 1 fully saturated rings. The van der Waals surface area contributed by atoms with Gasteiger partial charge < -0.3 is 29.7 Å². The molecular weight excluding hydrogens is 395 g/mol. The number of aromatic nitrogens is 1. The van der Waals surface area contributed by atoms with Gasteiger partial charge in [0.2, 0.25) is 5.88 Å². The Kier molecular flexibility index (Phi) is 6.89. The maximum Gasteiger partial charge on any atom is 0.409 e. The van der Waals surface area contributed by atoms with Gasteiger partial charge >= 0.3 is 12.1 Å². The lowest BCUT2D eigenvalue weighted by atomic mass is 10.1. The first-order valence-electron chi connectivity index (χ1n) is 9.35. The normalized spacial score (nSPS) is 15.8. The summed E-state index contributed by atoms with van der Waals surface area (Å²) < 4.78 is 29.6. The molecule has 2 aromatic rings. The number of carbonyl (C=O) groups is 2. The van der Waals surface area contributed by atoms with Crippen molar-refractivity contribution in [3.05, 3.63) is 42.3 Å². The van der Waals surface area contributed by atoms with Crippen LogP contribution in [0.3, 0.4) is 0 Å². The minimum Gasteiger partial charge on any atom is -0.488 e. The number of ether oxygens (including phenoxy) is 3. The molecule has 1 aliphatic rings. The molecule has 30 heavy (non-hydrogen) atoms. The molecule has 9 nitrogen and oxygen atoms in total. The molecule has 160 valence electrons. The number of nitrogens with one attached hydrogen (secondary N) is 2. The summed E-state index contributed by atoms with van der Waals surface area (Å²) in [5.41, 5.74) is 0.677. The molecular formula is C20H23FN4O5. The van der Waals surface area contributed by atoms with Gasteiger partial charge in [-0.1, -0.05) is 0 Å². The number of benzene rings is 1. The van der Waals surface area contributed by atoms with E-state index in [1.165, 1.54) is 38.6 Å². The number of methoxy groups -OCH3 is 2. The molecule has 1 aromatic carbocycles. The number of hydrogen-bond acceptors (Lipinski definition) is 6. The number of hydrogen-bond donors (Lipinski definition) is 2. The Balaban J connectivity index is 1.61. The number of halogens is 1. The quantitative estimate of drug-likeness (QED) is 0.771. The van der Waals surface area contributed by atoms with Gasteiger partial charge in [-0.3, -0.25) is 0 Å². The molecule has 1 aromatic heterocycles. The smallest absolute Gasteiger partial charge is 0.409 e. The average molecular weight is 418 g/mol. The van der Waals surface area contributed by atoms with Crippen LogP contribution in [0.5, 0.6) is 11.6 Å². The van der Waals surface area contributed by atoms with Crippen molar-refractivity contribution in [2.24, 2.45) is 0 Å². The van der Waals surface area contributed by atoms with Crippen LogP contribution >= 0.6 is 0 Å². The Morgan fingerprint density at radius 3 is 2.67 bits per heavy atom. The zero-order valence-corrected chi connectivity index (χ0v) is 16.7. The van der Waals surface area contributed by atoms with Crippen LogP contribution in [0, 0.1) is 5.82 Å². The second-order valence-corrected chi connectivity index (χ2v) is 6.64. The molecule has 1 unspecified atom stereocenters. The van der Waals surface area contributed by atoms with E-state index in [2.05, 4.69) is 15.6 Å². The molecule has 2 heterocycles. The first-order valence-corrected chi connectivity index (χ1v) is 9.35. The lowest BCUT2D eigenvalue weighted by Crippen LogP contribution is -2.44. The summed E-state index contributed by atoms with van der Waals surface area (Å²) in [6.07, 6.45) is 2.19. The maximum absolute atomic E-state index is 14.0. The lowest BCUT2D eigenvalue weighted by Gasteiger charge is -2.31. The summed E-state index contributed by atoms with van der Waals surface area (Å²) in [7, 11) is 2.82. The summed E-state index contributed by atoms with van der Waals surface area (Å²) in [5, 5.41) is 5.16. The van der Waals surface area contributed by atoms with Gasteiger partial charge in [0.25, 0.3) is 0 Å². The van der Waals surface area contributed by atoms with Crippen molar-refractivity contribution in [1.29, 1.82) is 0 Å². The van der Waals surface area contributed by atoms with Crippen LogP contribution in [-0.2, 0) is 4.74 Å². The van der Waals surface area contributed by atoms with Crippen molar-refractivity contribution in [2.45, 2.75) is 18.9 Å². The van der Waals surface area contributed by atoms with E-state index in [-0.39, 0.29) is 17.5 Å². The molecule has 0 saturated carbocycles. The first kappa shape index (κ1) is 21.2. The van der Waals surface area contributed by atoms with Crippen LogP contribution in [0.4, 0.5) is 25.4 Å². The average Bonchev–Trinajstić information content (AvgIpc) is 2.73. The van der Waals surface area contributed by atoms with Gasteiger partial charge in [-0.15, -0.1) is 0 Å². The highest BCUT2D eigenvalue weighted by molar-refractivity contribution is 5.99. The maximum atomic E-state index is 14.0. The van der Waals surface area contributed by atoms with Crippen LogP contribution in [-0.4, -0.2) is 55.4 Å². The van der Waals surface area contributed by atoms with Gasteiger partial charge in [-0.05, 0) is 25.0 Å². The van der Waals surface area contributed by atoms with Crippen LogP contribution in [0.2, 0.25) is 0 Å². The third-order valence-corrected chi connectivity index (χ3v) is 4.45. The van der Waals surface area contributed by atoms with Gasteiger partial charge in [-0.25, -0.2) is 19.0 Å². The van der Waals surface area contributed by atoms with Crippen LogP contribution < -0.4 is 20.1 Å². The number of pyridine rings is 1. The van der Waals surface area contributed by atoms with E-state index in [1.54, 1.807) is 17.0 Å². The summed E-state index contributed by atoms with van der Waals surface area (Å²) in [6.45, 7) is 0.930. The largest absolute Gasteiger partial charge is 0.488 e. The van der Waals surface area contributed by atoms with Crippen LogP contribution in [0.1, 0.15) is 12.8 Å². The highest BCUT2D eigenvalue weighted by Gasteiger charge is 2.25. The Morgan fingerprint density at radius 2 is 1.97 bits per heavy atom. The van der Waals surface area contributed by atoms with Crippen LogP contribution in [0.25, 0.3) is 0 Å². The number of piperidine rings is 1. The number of amides is 3.